The van der Waals surface area contributed by atoms with E-state index in [0.717, 1.165) is 12.8 Å². The first-order valence-corrected chi connectivity index (χ1v) is 8.63. The van der Waals surface area contributed by atoms with Crippen LogP contribution < -0.4 is 4.72 Å². The summed E-state index contributed by atoms with van der Waals surface area (Å²) >= 11 is 0. The molecule has 0 bridgehead atoms. The van der Waals surface area contributed by atoms with Gasteiger partial charge in [-0.05, 0) is 36.5 Å². The van der Waals surface area contributed by atoms with Crippen LogP contribution in [0.4, 0.5) is 0 Å². The highest BCUT2D eigenvalue weighted by Gasteiger charge is 2.33. The number of benzene rings is 1. The van der Waals surface area contributed by atoms with E-state index in [1.54, 1.807) is 24.3 Å². The molecule has 0 aliphatic heterocycles. The van der Waals surface area contributed by atoms with Crippen LogP contribution in [0.1, 0.15) is 38.2 Å². The van der Waals surface area contributed by atoms with Gasteiger partial charge in [0.15, 0.2) is 0 Å². The second kappa shape index (κ2) is 6.61. The molecule has 1 aliphatic rings. The van der Waals surface area contributed by atoms with Crippen molar-refractivity contribution in [2.45, 2.75) is 37.5 Å². The third-order valence-corrected chi connectivity index (χ3v) is 5.26. The van der Waals surface area contributed by atoms with Gasteiger partial charge in [-0.25, -0.2) is 13.1 Å². The Morgan fingerprint density at radius 3 is 2.76 bits per heavy atom. The average Bonchev–Trinajstić information content (AvgIpc) is 2.44. The zero-order chi connectivity index (χ0) is 15.3. The Kier molecular flexibility index (Phi) is 5.04. The normalized spacial score (nSPS) is 16.7. The zero-order valence-electron chi connectivity index (χ0n) is 12.2. The number of aliphatic hydroxyl groups excluding tert-OH is 1. The molecule has 2 N–H and O–H groups in total. The predicted molar refractivity (Wildman–Crippen MR) is 82.2 cm³/mol. The average molecular weight is 307 g/mol. The first kappa shape index (κ1) is 16.0. The number of nitrogens with one attached hydrogen (secondary N) is 1. The largest absolute Gasteiger partial charge is 0.395 e. The van der Waals surface area contributed by atoms with Gasteiger partial charge in [-0.2, -0.15) is 0 Å². The minimum atomic E-state index is -3.49. The molecule has 0 saturated heterocycles. The molecule has 2 rings (SSSR count). The van der Waals surface area contributed by atoms with Gasteiger partial charge >= 0.3 is 0 Å². The van der Waals surface area contributed by atoms with E-state index in [2.05, 4.69) is 23.5 Å². The quantitative estimate of drug-likeness (QED) is 0.816. The lowest BCUT2D eigenvalue weighted by molar-refractivity contribution is 0.166. The van der Waals surface area contributed by atoms with Gasteiger partial charge in [-0.15, -0.1) is 0 Å². The van der Waals surface area contributed by atoms with Crippen LogP contribution in [-0.2, 0) is 10.0 Å². The Balaban J connectivity index is 2.09. The van der Waals surface area contributed by atoms with Crippen molar-refractivity contribution in [3.8, 4) is 11.8 Å². The highest BCUT2D eigenvalue weighted by molar-refractivity contribution is 7.89. The molecule has 0 amide bonds. The van der Waals surface area contributed by atoms with Crippen LogP contribution in [0, 0.1) is 17.3 Å². The van der Waals surface area contributed by atoms with E-state index < -0.39 is 10.0 Å². The van der Waals surface area contributed by atoms with Crippen LogP contribution in [-0.4, -0.2) is 26.7 Å². The molecule has 0 aromatic heterocycles. The fourth-order valence-electron chi connectivity index (χ4n) is 2.27. The highest BCUT2D eigenvalue weighted by atomic mass is 32.2. The number of sulfonamides is 1. The van der Waals surface area contributed by atoms with E-state index >= 15 is 0 Å². The van der Waals surface area contributed by atoms with Crippen molar-refractivity contribution in [2.24, 2.45) is 5.41 Å². The minimum absolute atomic E-state index is 0.00509. The van der Waals surface area contributed by atoms with Gasteiger partial charge in [0, 0.05) is 18.5 Å². The first-order valence-electron chi connectivity index (χ1n) is 7.15. The summed E-state index contributed by atoms with van der Waals surface area (Å²) in [6.45, 7) is 2.59. The molecule has 0 unspecified atom stereocenters. The number of hydrogen-bond donors (Lipinski definition) is 2. The van der Waals surface area contributed by atoms with E-state index in [1.165, 1.54) is 6.42 Å². The third kappa shape index (κ3) is 4.31. The van der Waals surface area contributed by atoms with Crippen molar-refractivity contribution < 1.29 is 13.5 Å². The molecule has 4 nitrogen and oxygen atoms in total. The Bertz CT molecular complexity index is 652. The summed E-state index contributed by atoms with van der Waals surface area (Å²) in [7, 11) is -3.49. The third-order valence-electron chi connectivity index (χ3n) is 3.86. The Morgan fingerprint density at radius 1 is 1.38 bits per heavy atom. The number of rotatable bonds is 5. The molecule has 0 atom stereocenters. The zero-order valence-corrected chi connectivity index (χ0v) is 13.0. The van der Waals surface area contributed by atoms with Crippen LogP contribution in [0.3, 0.4) is 0 Å². The standard InChI is InChI=1S/C16H21NO3S/c1-16(9-5-10-16)13-17-21(19,20)15-8-4-7-14(12-15)6-2-3-11-18/h4,7-8,12,17-18H,3,5,9-11,13H2,1H3. The molecule has 1 saturated carbocycles. The van der Waals surface area contributed by atoms with Gasteiger partial charge in [0.25, 0.3) is 0 Å². The lowest BCUT2D eigenvalue weighted by atomic mass is 9.71. The molecule has 1 aromatic carbocycles. The van der Waals surface area contributed by atoms with Crippen LogP contribution >= 0.6 is 0 Å². The van der Waals surface area contributed by atoms with E-state index in [0.29, 0.717) is 18.5 Å². The fraction of sp³-hybridized carbons (Fsp3) is 0.500. The van der Waals surface area contributed by atoms with Crippen molar-refractivity contribution in [1.82, 2.24) is 4.72 Å². The van der Waals surface area contributed by atoms with Gasteiger partial charge in [0.05, 0.1) is 11.5 Å². The topological polar surface area (TPSA) is 66.4 Å². The Hall–Kier alpha value is -1.35. The van der Waals surface area contributed by atoms with Crippen LogP contribution in [0.15, 0.2) is 29.2 Å². The number of aliphatic hydroxyl groups is 1. The van der Waals surface area contributed by atoms with E-state index in [1.807, 2.05) is 0 Å². The van der Waals surface area contributed by atoms with Gasteiger partial charge in [0.2, 0.25) is 10.0 Å². The second-order valence-corrected chi connectivity index (χ2v) is 7.56. The maximum atomic E-state index is 12.3. The molecule has 5 heteroatoms. The van der Waals surface area contributed by atoms with Crippen molar-refractivity contribution in [1.29, 1.82) is 0 Å². The molecule has 0 heterocycles. The fourth-order valence-corrected chi connectivity index (χ4v) is 3.52. The van der Waals surface area contributed by atoms with Crippen molar-refractivity contribution in [3.05, 3.63) is 29.8 Å². The van der Waals surface area contributed by atoms with Gasteiger partial charge in [-0.3, -0.25) is 0 Å². The van der Waals surface area contributed by atoms with Crippen LogP contribution in [0.2, 0.25) is 0 Å². The van der Waals surface area contributed by atoms with Crippen LogP contribution in [0.5, 0.6) is 0 Å². The highest BCUT2D eigenvalue weighted by Crippen LogP contribution is 2.39. The maximum absolute atomic E-state index is 12.3. The molecule has 1 fully saturated rings. The van der Waals surface area contributed by atoms with Gasteiger partial charge in [0.1, 0.15) is 0 Å². The summed E-state index contributed by atoms with van der Waals surface area (Å²) < 4.78 is 27.3. The maximum Gasteiger partial charge on any atom is 0.240 e. The van der Waals surface area contributed by atoms with Gasteiger partial charge < -0.3 is 5.11 Å². The summed E-state index contributed by atoms with van der Waals surface area (Å²) in [5, 5.41) is 8.69. The first-order chi connectivity index (χ1) is 9.95. The Morgan fingerprint density at radius 2 is 2.14 bits per heavy atom. The molecule has 0 radical (unpaired) electrons. The summed E-state index contributed by atoms with van der Waals surface area (Å²) in [6, 6.07) is 6.58. The summed E-state index contributed by atoms with van der Waals surface area (Å²) in [5.41, 5.74) is 0.743. The molecular formula is C16H21NO3S. The smallest absolute Gasteiger partial charge is 0.240 e. The van der Waals surface area contributed by atoms with E-state index in [-0.39, 0.29) is 16.9 Å². The summed E-state index contributed by atoms with van der Waals surface area (Å²) in [5.74, 6) is 5.64. The van der Waals surface area contributed by atoms with Gasteiger partial charge in [-0.1, -0.05) is 31.3 Å². The predicted octanol–water partition coefficient (Wildman–Crippen LogP) is 1.89. The van der Waals surface area contributed by atoms with Crippen molar-refractivity contribution in [3.63, 3.8) is 0 Å². The van der Waals surface area contributed by atoms with E-state index in [9.17, 15) is 8.42 Å². The lowest BCUT2D eigenvalue weighted by Crippen LogP contribution is -2.39. The lowest BCUT2D eigenvalue weighted by Gasteiger charge is -2.38. The SMILES string of the molecule is CC1(CNS(=O)(=O)c2cccc(C#CCCO)c2)CCC1. The monoisotopic (exact) mass is 307 g/mol. The molecule has 0 spiro atoms. The second-order valence-electron chi connectivity index (χ2n) is 5.79. The van der Waals surface area contributed by atoms with Crippen LogP contribution in [0.25, 0.3) is 0 Å². The Labute approximate surface area is 126 Å². The molecule has 114 valence electrons. The molecule has 1 aliphatic carbocycles. The molecule has 21 heavy (non-hydrogen) atoms. The minimum Gasteiger partial charge on any atom is -0.395 e. The van der Waals surface area contributed by atoms with Crippen molar-refractivity contribution >= 4 is 10.0 Å². The van der Waals surface area contributed by atoms with E-state index in [4.69, 9.17) is 5.11 Å². The molecular weight excluding hydrogens is 286 g/mol. The summed E-state index contributed by atoms with van der Waals surface area (Å²) in [4.78, 5) is 0.237. The van der Waals surface area contributed by atoms with Crippen molar-refractivity contribution in [2.75, 3.05) is 13.2 Å². The summed E-state index contributed by atoms with van der Waals surface area (Å²) in [6.07, 6.45) is 3.70. The number of hydrogen-bond acceptors (Lipinski definition) is 3. The molecule has 1 aromatic rings.